The second-order valence-corrected chi connectivity index (χ2v) is 8.56. The van der Waals surface area contributed by atoms with Crippen molar-refractivity contribution in [2.45, 2.75) is 38.1 Å². The largest absolute Gasteiger partial charge is 0.493 e. The highest BCUT2D eigenvalue weighted by molar-refractivity contribution is 9.10. The van der Waals surface area contributed by atoms with Crippen LogP contribution in [0.3, 0.4) is 0 Å². The Labute approximate surface area is 168 Å². The molecule has 146 valence electrons. The number of nitrogens with one attached hydrogen (secondary N) is 2. The molecule has 0 saturated heterocycles. The molecule has 0 aliphatic rings. The van der Waals surface area contributed by atoms with E-state index in [0.29, 0.717) is 34.5 Å². The second-order valence-electron chi connectivity index (χ2n) is 5.99. The highest BCUT2D eigenvalue weighted by Crippen LogP contribution is 2.26. The fourth-order valence-electron chi connectivity index (χ4n) is 2.25. The number of hydrogen-bond acceptors (Lipinski definition) is 4. The number of hydrogen-bond donors (Lipinski definition) is 2. The summed E-state index contributed by atoms with van der Waals surface area (Å²) in [6, 6.07) is 11.0. The van der Waals surface area contributed by atoms with Crippen LogP contribution in [0.25, 0.3) is 0 Å². The van der Waals surface area contributed by atoms with E-state index in [-0.39, 0.29) is 16.8 Å². The van der Waals surface area contributed by atoms with Gasteiger partial charge in [0.1, 0.15) is 5.75 Å². The lowest BCUT2D eigenvalue weighted by atomic mass is 10.2. The third-order valence-electron chi connectivity index (χ3n) is 3.89. The summed E-state index contributed by atoms with van der Waals surface area (Å²) in [5, 5.41) is 2.75. The molecule has 0 spiro atoms. The number of halogens is 1. The average Bonchev–Trinajstić information content (AvgIpc) is 2.63. The van der Waals surface area contributed by atoms with Gasteiger partial charge in [0.15, 0.2) is 0 Å². The van der Waals surface area contributed by atoms with E-state index in [9.17, 15) is 13.2 Å². The number of ether oxygens (including phenoxy) is 1. The maximum absolute atomic E-state index is 12.4. The monoisotopic (exact) mass is 454 g/mol. The molecule has 8 heteroatoms. The van der Waals surface area contributed by atoms with Gasteiger partial charge >= 0.3 is 0 Å². The van der Waals surface area contributed by atoms with Gasteiger partial charge in [-0.25, -0.2) is 13.1 Å². The lowest BCUT2D eigenvalue weighted by molar-refractivity contribution is 0.102. The molecule has 0 saturated carbocycles. The van der Waals surface area contributed by atoms with Gasteiger partial charge < -0.3 is 10.1 Å². The Morgan fingerprint density at radius 3 is 2.37 bits per heavy atom. The number of rotatable bonds is 8. The molecule has 2 aromatic rings. The van der Waals surface area contributed by atoms with Crippen molar-refractivity contribution >= 4 is 37.5 Å². The Morgan fingerprint density at radius 2 is 1.81 bits per heavy atom. The summed E-state index contributed by atoms with van der Waals surface area (Å²) in [5.41, 5.74) is 0.966. The van der Waals surface area contributed by atoms with E-state index in [1.54, 1.807) is 37.3 Å². The number of carbonyl (C=O) groups excluding carboxylic acids is 1. The summed E-state index contributed by atoms with van der Waals surface area (Å²) in [7, 11) is -3.57. The van der Waals surface area contributed by atoms with Gasteiger partial charge in [-0.1, -0.05) is 6.92 Å². The zero-order valence-electron chi connectivity index (χ0n) is 15.5. The van der Waals surface area contributed by atoms with E-state index < -0.39 is 10.0 Å². The van der Waals surface area contributed by atoms with Gasteiger partial charge in [0.25, 0.3) is 5.91 Å². The molecule has 0 heterocycles. The molecule has 0 bridgehead atoms. The highest BCUT2D eigenvalue weighted by atomic mass is 79.9. The van der Waals surface area contributed by atoms with E-state index in [2.05, 4.69) is 26.0 Å². The number of anilines is 1. The normalized spacial score (nSPS) is 12.4. The third kappa shape index (κ3) is 5.79. The quantitative estimate of drug-likeness (QED) is 0.626. The molecule has 6 nitrogen and oxygen atoms in total. The summed E-state index contributed by atoms with van der Waals surface area (Å²) >= 11 is 3.38. The van der Waals surface area contributed by atoms with Gasteiger partial charge in [-0.2, -0.15) is 0 Å². The Hall–Kier alpha value is -1.90. The van der Waals surface area contributed by atoms with Crippen LogP contribution >= 0.6 is 15.9 Å². The molecule has 2 rings (SSSR count). The minimum Gasteiger partial charge on any atom is -0.493 e. The zero-order valence-corrected chi connectivity index (χ0v) is 17.9. The molecule has 27 heavy (non-hydrogen) atoms. The van der Waals surface area contributed by atoms with E-state index in [0.717, 1.165) is 0 Å². The number of carbonyl (C=O) groups is 1. The maximum atomic E-state index is 12.4. The van der Waals surface area contributed by atoms with Gasteiger partial charge in [0.05, 0.1) is 16.0 Å². The van der Waals surface area contributed by atoms with Crippen LogP contribution in [0, 0.1) is 0 Å². The van der Waals surface area contributed by atoms with Crippen molar-refractivity contribution in [3.8, 4) is 5.75 Å². The number of benzene rings is 2. The fourth-order valence-corrected chi connectivity index (χ4v) is 4.07. The first-order chi connectivity index (χ1) is 12.8. The van der Waals surface area contributed by atoms with Crippen molar-refractivity contribution in [2.75, 3.05) is 11.9 Å². The minimum absolute atomic E-state index is 0.146. The van der Waals surface area contributed by atoms with Crippen molar-refractivity contribution in [1.82, 2.24) is 4.72 Å². The van der Waals surface area contributed by atoms with Crippen LogP contribution in [0.2, 0.25) is 0 Å². The molecule has 0 aliphatic heterocycles. The van der Waals surface area contributed by atoms with Crippen molar-refractivity contribution in [3.63, 3.8) is 0 Å². The molecule has 0 aliphatic carbocycles. The van der Waals surface area contributed by atoms with Crippen LogP contribution < -0.4 is 14.8 Å². The van der Waals surface area contributed by atoms with Crippen LogP contribution in [0.1, 0.15) is 37.6 Å². The summed E-state index contributed by atoms with van der Waals surface area (Å²) in [6.07, 6.45) is 0.699. The van der Waals surface area contributed by atoms with Gasteiger partial charge in [-0.05, 0) is 78.7 Å². The molecule has 2 N–H and O–H groups in total. The van der Waals surface area contributed by atoms with Crippen molar-refractivity contribution in [3.05, 3.63) is 52.5 Å². The van der Waals surface area contributed by atoms with Crippen LogP contribution in [0.15, 0.2) is 51.8 Å². The van der Waals surface area contributed by atoms with Crippen LogP contribution in [-0.4, -0.2) is 27.0 Å². The first kappa shape index (κ1) is 21.4. The van der Waals surface area contributed by atoms with Gasteiger partial charge in [-0.3, -0.25) is 4.79 Å². The van der Waals surface area contributed by atoms with Crippen molar-refractivity contribution in [1.29, 1.82) is 0 Å². The van der Waals surface area contributed by atoms with Gasteiger partial charge in [-0.15, -0.1) is 0 Å². The molecule has 0 radical (unpaired) electrons. The van der Waals surface area contributed by atoms with E-state index >= 15 is 0 Å². The standard InChI is InChI=1S/C19H23BrN2O4S/c1-4-13(3)22-27(24,25)16-9-7-15(8-10-16)21-19(23)14-6-11-18(26-5-2)17(20)12-14/h6-13,22H,4-5H2,1-3H3,(H,21,23). The lowest BCUT2D eigenvalue weighted by Crippen LogP contribution is -2.31. The molecule has 1 amide bonds. The Kier molecular flexibility index (Phi) is 7.41. The highest BCUT2D eigenvalue weighted by Gasteiger charge is 2.16. The predicted molar refractivity (Wildman–Crippen MR) is 110 cm³/mol. The molecule has 0 aromatic heterocycles. The topological polar surface area (TPSA) is 84.5 Å². The zero-order chi connectivity index (χ0) is 20.0. The maximum Gasteiger partial charge on any atom is 0.255 e. The molecular weight excluding hydrogens is 432 g/mol. The molecule has 0 fully saturated rings. The molecular formula is C19H23BrN2O4S. The van der Waals surface area contributed by atoms with Crippen LogP contribution in [0.5, 0.6) is 5.75 Å². The molecule has 1 unspecified atom stereocenters. The van der Waals surface area contributed by atoms with Gasteiger partial charge in [0.2, 0.25) is 10.0 Å². The summed E-state index contributed by atoms with van der Waals surface area (Å²) in [4.78, 5) is 12.6. The Balaban J connectivity index is 2.10. The van der Waals surface area contributed by atoms with Crippen molar-refractivity contribution < 1.29 is 17.9 Å². The molecule has 2 aromatic carbocycles. The fraction of sp³-hybridized carbons (Fsp3) is 0.316. The summed E-state index contributed by atoms with van der Waals surface area (Å²) < 4.78 is 33.2. The summed E-state index contributed by atoms with van der Waals surface area (Å²) in [5.74, 6) is 0.365. The van der Waals surface area contributed by atoms with E-state index in [1.165, 1.54) is 12.1 Å². The van der Waals surface area contributed by atoms with Crippen molar-refractivity contribution in [2.24, 2.45) is 0 Å². The predicted octanol–water partition coefficient (Wildman–Crippen LogP) is 4.18. The van der Waals surface area contributed by atoms with E-state index in [1.807, 2.05) is 13.8 Å². The number of sulfonamides is 1. The van der Waals surface area contributed by atoms with Crippen LogP contribution in [-0.2, 0) is 10.0 Å². The van der Waals surface area contributed by atoms with Gasteiger partial charge in [0, 0.05) is 17.3 Å². The second kappa shape index (κ2) is 9.34. The lowest BCUT2D eigenvalue weighted by Gasteiger charge is -2.13. The molecule has 1 atom stereocenters. The summed E-state index contributed by atoms with van der Waals surface area (Å²) in [6.45, 7) is 6.13. The Morgan fingerprint density at radius 1 is 1.15 bits per heavy atom. The first-order valence-electron chi connectivity index (χ1n) is 8.63. The minimum atomic E-state index is -3.57. The average molecular weight is 455 g/mol. The Bertz CT molecular complexity index is 898. The third-order valence-corrected chi connectivity index (χ3v) is 6.11. The smallest absolute Gasteiger partial charge is 0.255 e. The first-order valence-corrected chi connectivity index (χ1v) is 10.9. The van der Waals surface area contributed by atoms with Crippen LogP contribution in [0.4, 0.5) is 5.69 Å². The SMILES string of the molecule is CCOc1ccc(C(=O)Nc2ccc(S(=O)(=O)NC(C)CC)cc2)cc1Br. The number of amides is 1. The van der Waals surface area contributed by atoms with E-state index in [4.69, 9.17) is 4.74 Å².